The molecular formula is C10H9FN4O2. The smallest absolute Gasteiger partial charge is 0.319 e. The van der Waals surface area contributed by atoms with E-state index < -0.39 is 17.4 Å². The van der Waals surface area contributed by atoms with Crippen LogP contribution >= 0.6 is 0 Å². The van der Waals surface area contributed by atoms with Gasteiger partial charge in [-0.2, -0.15) is 0 Å². The molecule has 0 atom stereocenters. The Morgan fingerprint density at radius 3 is 2.88 bits per heavy atom. The number of H-pyrrole nitrogens is 1. The number of benzene rings is 1. The van der Waals surface area contributed by atoms with E-state index in [0.717, 1.165) is 4.68 Å². The number of aryl methyl sites for hydroxylation is 1. The van der Waals surface area contributed by atoms with Crippen LogP contribution < -0.4 is 11.0 Å². The van der Waals surface area contributed by atoms with Gasteiger partial charge in [0.25, 0.3) is 5.91 Å². The van der Waals surface area contributed by atoms with E-state index in [4.69, 9.17) is 0 Å². The zero-order valence-electron chi connectivity index (χ0n) is 8.90. The Labute approximate surface area is 95.1 Å². The lowest BCUT2D eigenvalue weighted by Crippen LogP contribution is -2.15. The van der Waals surface area contributed by atoms with Crippen molar-refractivity contribution in [3.8, 4) is 0 Å². The van der Waals surface area contributed by atoms with Gasteiger partial charge >= 0.3 is 5.69 Å². The normalized spacial score (nSPS) is 10.2. The van der Waals surface area contributed by atoms with Gasteiger partial charge in [-0.15, -0.1) is 5.10 Å². The van der Waals surface area contributed by atoms with Gasteiger partial charge in [-0.05, 0) is 18.2 Å². The molecular weight excluding hydrogens is 227 g/mol. The summed E-state index contributed by atoms with van der Waals surface area (Å²) in [4.78, 5) is 24.9. The third-order valence-electron chi connectivity index (χ3n) is 2.07. The predicted octanol–water partition coefficient (Wildman–Crippen LogP) is 0.500. The van der Waals surface area contributed by atoms with E-state index in [1.807, 2.05) is 0 Å². The first-order chi connectivity index (χ1) is 8.06. The maximum atomic E-state index is 12.9. The highest BCUT2D eigenvalue weighted by atomic mass is 19.1. The molecule has 0 aliphatic carbocycles. The van der Waals surface area contributed by atoms with E-state index in [9.17, 15) is 14.0 Å². The summed E-state index contributed by atoms with van der Waals surface area (Å²) in [7, 11) is 1.41. The fourth-order valence-electron chi connectivity index (χ4n) is 1.26. The summed E-state index contributed by atoms with van der Waals surface area (Å²) in [6, 6.07) is 5.42. The van der Waals surface area contributed by atoms with Crippen LogP contribution in [0.5, 0.6) is 0 Å². The minimum Gasteiger partial charge on any atom is -0.319 e. The summed E-state index contributed by atoms with van der Waals surface area (Å²) in [6.07, 6.45) is 0. The number of aromatic amines is 1. The second-order valence-electron chi connectivity index (χ2n) is 3.37. The Balaban J connectivity index is 2.20. The Morgan fingerprint density at radius 2 is 2.29 bits per heavy atom. The van der Waals surface area contributed by atoms with Crippen molar-refractivity contribution >= 4 is 11.6 Å². The summed E-state index contributed by atoms with van der Waals surface area (Å²) in [6.45, 7) is 0. The van der Waals surface area contributed by atoms with E-state index in [1.54, 1.807) is 0 Å². The number of hydrogen-bond donors (Lipinski definition) is 2. The number of rotatable bonds is 2. The first-order valence-corrected chi connectivity index (χ1v) is 4.76. The molecule has 0 unspecified atom stereocenters. The summed E-state index contributed by atoms with van der Waals surface area (Å²) in [5.41, 5.74) is -0.198. The minimum atomic E-state index is -0.603. The third kappa shape index (κ3) is 2.39. The van der Waals surface area contributed by atoms with Crippen LogP contribution in [-0.4, -0.2) is 20.7 Å². The van der Waals surface area contributed by atoms with Crippen LogP contribution in [-0.2, 0) is 7.05 Å². The average Bonchev–Trinajstić information content (AvgIpc) is 2.59. The van der Waals surface area contributed by atoms with Gasteiger partial charge in [0.15, 0.2) is 0 Å². The molecule has 2 N–H and O–H groups in total. The van der Waals surface area contributed by atoms with Gasteiger partial charge in [0.2, 0.25) is 5.82 Å². The van der Waals surface area contributed by atoms with Crippen LogP contribution in [0.1, 0.15) is 10.6 Å². The Hall–Kier alpha value is -2.44. The molecule has 1 heterocycles. The quantitative estimate of drug-likeness (QED) is 0.796. The van der Waals surface area contributed by atoms with Gasteiger partial charge in [0.05, 0.1) is 0 Å². The van der Waals surface area contributed by atoms with Crippen LogP contribution in [0.2, 0.25) is 0 Å². The molecule has 0 radical (unpaired) electrons. The molecule has 2 rings (SSSR count). The molecule has 88 valence electrons. The highest BCUT2D eigenvalue weighted by Gasteiger charge is 2.11. The number of halogens is 1. The van der Waals surface area contributed by atoms with Crippen LogP contribution in [0.3, 0.4) is 0 Å². The molecule has 1 aromatic carbocycles. The van der Waals surface area contributed by atoms with Gasteiger partial charge in [0.1, 0.15) is 5.82 Å². The molecule has 1 amide bonds. The molecule has 0 fully saturated rings. The number of hydrogen-bond acceptors (Lipinski definition) is 3. The van der Waals surface area contributed by atoms with Gasteiger partial charge in [-0.3, -0.25) is 9.78 Å². The summed E-state index contributed by atoms with van der Waals surface area (Å²) in [5, 5.41) is 6.09. The van der Waals surface area contributed by atoms with Gasteiger partial charge in [0, 0.05) is 12.7 Å². The number of carbonyl (C=O) groups excluding carboxylic acids is 1. The number of carbonyl (C=O) groups is 1. The van der Waals surface area contributed by atoms with Gasteiger partial charge in [-0.1, -0.05) is 6.07 Å². The molecule has 1 aromatic heterocycles. The number of nitrogens with zero attached hydrogens (tertiary/aromatic N) is 2. The lowest BCUT2D eigenvalue weighted by Gasteiger charge is -2.01. The first kappa shape index (κ1) is 11.1. The highest BCUT2D eigenvalue weighted by Crippen LogP contribution is 2.09. The van der Waals surface area contributed by atoms with Crippen molar-refractivity contribution < 1.29 is 9.18 Å². The first-order valence-electron chi connectivity index (χ1n) is 4.76. The molecule has 0 aliphatic rings. The third-order valence-corrected chi connectivity index (χ3v) is 2.07. The lowest BCUT2D eigenvalue weighted by molar-refractivity contribution is 0.101. The SMILES string of the molecule is Cn1nc(C(=O)Nc2cccc(F)c2)[nH]c1=O. The number of aromatic nitrogens is 3. The predicted molar refractivity (Wildman–Crippen MR) is 58.2 cm³/mol. The van der Waals surface area contributed by atoms with Crippen LogP contribution in [0.15, 0.2) is 29.1 Å². The van der Waals surface area contributed by atoms with Crippen molar-refractivity contribution in [2.75, 3.05) is 5.32 Å². The molecule has 2 aromatic rings. The number of nitrogens with one attached hydrogen (secondary N) is 2. The topological polar surface area (TPSA) is 79.8 Å². The molecule has 0 bridgehead atoms. The largest absolute Gasteiger partial charge is 0.343 e. The molecule has 0 aliphatic heterocycles. The Bertz CT molecular complexity index is 617. The average molecular weight is 236 g/mol. The van der Waals surface area contributed by atoms with Crippen molar-refractivity contribution in [2.45, 2.75) is 0 Å². The van der Waals surface area contributed by atoms with Crippen molar-refractivity contribution in [1.82, 2.24) is 14.8 Å². The summed E-state index contributed by atoms with van der Waals surface area (Å²) in [5.74, 6) is -1.19. The van der Waals surface area contributed by atoms with Crippen LogP contribution in [0.4, 0.5) is 10.1 Å². The van der Waals surface area contributed by atoms with E-state index in [-0.39, 0.29) is 5.82 Å². The Morgan fingerprint density at radius 1 is 1.53 bits per heavy atom. The fraction of sp³-hybridized carbons (Fsp3) is 0.100. The van der Waals surface area contributed by atoms with E-state index in [0.29, 0.717) is 5.69 Å². The lowest BCUT2D eigenvalue weighted by atomic mass is 10.3. The van der Waals surface area contributed by atoms with Crippen LogP contribution in [0, 0.1) is 5.82 Å². The zero-order chi connectivity index (χ0) is 12.4. The standard InChI is InChI=1S/C10H9FN4O2/c1-15-10(17)13-8(14-15)9(16)12-7-4-2-3-6(11)5-7/h2-5H,1H3,(H,12,16)(H,13,14,17). The van der Waals surface area contributed by atoms with E-state index >= 15 is 0 Å². The van der Waals surface area contributed by atoms with Crippen molar-refractivity contribution in [2.24, 2.45) is 7.05 Å². The Kier molecular flexibility index (Phi) is 2.73. The maximum absolute atomic E-state index is 12.9. The summed E-state index contributed by atoms with van der Waals surface area (Å²) < 4.78 is 13.9. The van der Waals surface area contributed by atoms with E-state index in [1.165, 1.54) is 31.3 Å². The monoisotopic (exact) mass is 236 g/mol. The van der Waals surface area contributed by atoms with Gasteiger partial charge in [-0.25, -0.2) is 13.9 Å². The highest BCUT2D eigenvalue weighted by molar-refractivity contribution is 6.01. The van der Waals surface area contributed by atoms with Crippen molar-refractivity contribution in [3.63, 3.8) is 0 Å². The van der Waals surface area contributed by atoms with Crippen LogP contribution in [0.25, 0.3) is 0 Å². The minimum absolute atomic E-state index is 0.123. The van der Waals surface area contributed by atoms with Gasteiger partial charge < -0.3 is 5.32 Å². The molecule has 17 heavy (non-hydrogen) atoms. The molecule has 6 nitrogen and oxygen atoms in total. The second-order valence-corrected chi connectivity index (χ2v) is 3.37. The maximum Gasteiger partial charge on any atom is 0.343 e. The molecule has 0 saturated heterocycles. The molecule has 7 heteroatoms. The number of amides is 1. The van der Waals surface area contributed by atoms with Crippen molar-refractivity contribution in [3.05, 3.63) is 46.4 Å². The zero-order valence-corrected chi connectivity index (χ0v) is 8.90. The summed E-state index contributed by atoms with van der Waals surface area (Å²) >= 11 is 0. The molecule has 0 saturated carbocycles. The fourth-order valence-corrected chi connectivity index (χ4v) is 1.26. The second kappa shape index (κ2) is 4.20. The van der Waals surface area contributed by atoms with E-state index in [2.05, 4.69) is 15.4 Å². The number of anilines is 1. The van der Waals surface area contributed by atoms with Crippen molar-refractivity contribution in [1.29, 1.82) is 0 Å². The molecule has 0 spiro atoms.